The van der Waals surface area contributed by atoms with E-state index in [1.807, 2.05) is 23.6 Å². The summed E-state index contributed by atoms with van der Waals surface area (Å²) >= 11 is 3.05. The number of nitrogens with zero attached hydrogens (tertiary/aromatic N) is 2. The molecule has 3 rings (SSSR count). The highest BCUT2D eigenvalue weighted by molar-refractivity contribution is 8.02. The predicted octanol–water partition coefficient (Wildman–Crippen LogP) is 3.62. The van der Waals surface area contributed by atoms with E-state index < -0.39 is 0 Å². The molecule has 0 amide bonds. The van der Waals surface area contributed by atoms with Crippen LogP contribution >= 0.6 is 23.3 Å². The summed E-state index contributed by atoms with van der Waals surface area (Å²) in [6.45, 7) is 0. The first-order chi connectivity index (χ1) is 8.88. The minimum Gasteiger partial charge on any atom is -0.358 e. The number of aromatic amines is 1. The molecular weight excluding hydrogens is 264 g/mol. The Morgan fingerprint density at radius 2 is 2.39 bits per heavy atom. The fourth-order valence-corrected chi connectivity index (χ4v) is 3.02. The van der Waals surface area contributed by atoms with Crippen molar-refractivity contribution in [1.82, 2.24) is 9.97 Å². The van der Waals surface area contributed by atoms with E-state index in [1.165, 1.54) is 11.9 Å². The Bertz CT molecular complexity index is 709. The van der Waals surface area contributed by atoms with Crippen LogP contribution in [-0.2, 0) is 0 Å². The molecule has 0 aliphatic rings. The number of hydrogen-bond donors (Lipinski definition) is 2. The normalized spacial score (nSPS) is 10.4. The van der Waals surface area contributed by atoms with Crippen LogP contribution in [0.3, 0.4) is 0 Å². The van der Waals surface area contributed by atoms with Crippen molar-refractivity contribution in [2.24, 2.45) is 0 Å². The monoisotopic (exact) mass is 272 g/mol. The zero-order valence-corrected chi connectivity index (χ0v) is 10.8. The Morgan fingerprint density at radius 3 is 3.17 bits per heavy atom. The van der Waals surface area contributed by atoms with E-state index in [4.69, 9.17) is 5.26 Å². The third-order valence-corrected chi connectivity index (χ3v) is 4.20. The average molecular weight is 272 g/mol. The highest BCUT2D eigenvalue weighted by Gasteiger charge is 2.07. The quantitative estimate of drug-likeness (QED) is 0.715. The van der Waals surface area contributed by atoms with Crippen molar-refractivity contribution in [2.75, 3.05) is 4.72 Å². The third-order valence-electron chi connectivity index (χ3n) is 2.49. The molecule has 0 unspecified atom stereocenters. The molecule has 0 aliphatic carbocycles. The van der Waals surface area contributed by atoms with Gasteiger partial charge in [-0.05, 0) is 6.07 Å². The first-order valence-corrected chi connectivity index (χ1v) is 6.90. The number of rotatable bonds is 3. The van der Waals surface area contributed by atoms with Crippen molar-refractivity contribution in [3.63, 3.8) is 0 Å². The van der Waals surface area contributed by atoms with Crippen LogP contribution in [0.5, 0.6) is 0 Å². The van der Waals surface area contributed by atoms with E-state index in [0.717, 1.165) is 20.9 Å². The van der Waals surface area contributed by atoms with Crippen molar-refractivity contribution < 1.29 is 0 Å². The highest BCUT2D eigenvalue weighted by atomic mass is 32.2. The summed E-state index contributed by atoms with van der Waals surface area (Å²) in [5.74, 6) is 0. The van der Waals surface area contributed by atoms with Crippen LogP contribution in [0, 0.1) is 11.3 Å². The number of anilines is 1. The number of aromatic nitrogens is 2. The van der Waals surface area contributed by atoms with Gasteiger partial charge in [0.05, 0.1) is 16.8 Å². The lowest BCUT2D eigenvalue weighted by molar-refractivity contribution is 1.25. The summed E-state index contributed by atoms with van der Waals surface area (Å²) in [4.78, 5) is 7.31. The maximum absolute atomic E-state index is 8.99. The maximum Gasteiger partial charge on any atom is 0.170 e. The molecule has 0 saturated heterocycles. The second-order valence-electron chi connectivity index (χ2n) is 3.54. The smallest absolute Gasteiger partial charge is 0.170 e. The Labute approximate surface area is 112 Å². The maximum atomic E-state index is 8.99. The molecule has 1 aromatic carbocycles. The van der Waals surface area contributed by atoms with E-state index in [1.54, 1.807) is 23.7 Å². The van der Waals surface area contributed by atoms with E-state index in [-0.39, 0.29) is 0 Å². The van der Waals surface area contributed by atoms with Gasteiger partial charge >= 0.3 is 0 Å². The van der Waals surface area contributed by atoms with E-state index >= 15 is 0 Å². The molecule has 88 valence electrons. The van der Waals surface area contributed by atoms with Crippen LogP contribution < -0.4 is 4.72 Å². The van der Waals surface area contributed by atoms with Gasteiger partial charge in [0.1, 0.15) is 6.07 Å². The predicted molar refractivity (Wildman–Crippen MR) is 74.6 cm³/mol. The fraction of sp³-hybridized carbons (Fsp3) is 0. The minimum atomic E-state index is 0.660. The molecular formula is C12H8N4S2. The van der Waals surface area contributed by atoms with Gasteiger partial charge in [0.2, 0.25) is 0 Å². The summed E-state index contributed by atoms with van der Waals surface area (Å²) in [7, 11) is 0. The van der Waals surface area contributed by atoms with E-state index in [2.05, 4.69) is 20.8 Å². The van der Waals surface area contributed by atoms with Gasteiger partial charge in [-0.1, -0.05) is 12.1 Å². The Kier molecular flexibility index (Phi) is 2.92. The lowest BCUT2D eigenvalue weighted by Gasteiger charge is -2.04. The molecule has 0 saturated carbocycles. The first-order valence-electron chi connectivity index (χ1n) is 5.21. The first kappa shape index (κ1) is 11.1. The largest absolute Gasteiger partial charge is 0.358 e. The van der Waals surface area contributed by atoms with Crippen LogP contribution in [0.2, 0.25) is 0 Å². The van der Waals surface area contributed by atoms with Gasteiger partial charge in [-0.2, -0.15) is 5.26 Å². The average Bonchev–Trinajstić information content (AvgIpc) is 3.05. The zero-order valence-electron chi connectivity index (χ0n) is 9.18. The molecule has 2 heterocycles. The van der Waals surface area contributed by atoms with E-state index in [9.17, 15) is 0 Å². The van der Waals surface area contributed by atoms with Crippen molar-refractivity contribution in [3.05, 3.63) is 41.5 Å². The van der Waals surface area contributed by atoms with Crippen LogP contribution in [0.25, 0.3) is 10.9 Å². The molecule has 0 fully saturated rings. The third kappa shape index (κ3) is 1.94. The SMILES string of the molecule is N#Cc1c[nH]c2c(NSc3nccs3)cccc12. The number of nitriles is 1. The Hall–Kier alpha value is -1.97. The summed E-state index contributed by atoms with van der Waals surface area (Å²) in [5, 5.41) is 11.9. The molecule has 3 aromatic rings. The van der Waals surface area contributed by atoms with Crippen LogP contribution in [0.15, 0.2) is 40.3 Å². The van der Waals surface area contributed by atoms with Gasteiger partial charge in [0.15, 0.2) is 4.34 Å². The summed E-state index contributed by atoms with van der Waals surface area (Å²) < 4.78 is 4.21. The zero-order chi connectivity index (χ0) is 12.4. The molecule has 0 spiro atoms. The number of H-pyrrole nitrogens is 1. The number of thiazole rings is 1. The van der Waals surface area contributed by atoms with Crippen LogP contribution in [0.1, 0.15) is 5.56 Å². The fourth-order valence-electron chi connectivity index (χ4n) is 1.69. The molecule has 2 aromatic heterocycles. The molecule has 2 N–H and O–H groups in total. The molecule has 0 aliphatic heterocycles. The molecule has 4 nitrogen and oxygen atoms in total. The molecule has 0 bridgehead atoms. The van der Waals surface area contributed by atoms with Gasteiger partial charge in [0, 0.05) is 35.1 Å². The van der Waals surface area contributed by atoms with Gasteiger partial charge in [0.25, 0.3) is 0 Å². The van der Waals surface area contributed by atoms with Crippen molar-refractivity contribution in [2.45, 2.75) is 4.34 Å². The van der Waals surface area contributed by atoms with Gasteiger partial charge < -0.3 is 9.71 Å². The van der Waals surface area contributed by atoms with Gasteiger partial charge in [-0.3, -0.25) is 0 Å². The van der Waals surface area contributed by atoms with Crippen LogP contribution in [0.4, 0.5) is 5.69 Å². The number of para-hydroxylation sites is 1. The Morgan fingerprint density at radius 1 is 1.44 bits per heavy atom. The van der Waals surface area contributed by atoms with Crippen LogP contribution in [-0.4, -0.2) is 9.97 Å². The standard InChI is InChI=1S/C12H8N4S2/c13-6-8-7-15-11-9(8)2-1-3-10(11)16-18-12-14-4-5-17-12/h1-5,7,15-16H. The summed E-state index contributed by atoms with van der Waals surface area (Å²) in [6, 6.07) is 8.01. The topological polar surface area (TPSA) is 64.5 Å². The second-order valence-corrected chi connectivity index (χ2v) is 5.49. The summed E-state index contributed by atoms with van der Waals surface area (Å²) in [6.07, 6.45) is 3.50. The lowest BCUT2D eigenvalue weighted by Crippen LogP contribution is -1.87. The molecule has 0 atom stereocenters. The van der Waals surface area contributed by atoms with Crippen molar-refractivity contribution in [1.29, 1.82) is 5.26 Å². The second kappa shape index (κ2) is 4.72. The number of fused-ring (bicyclic) bond motifs is 1. The molecule has 6 heteroatoms. The van der Waals surface area contributed by atoms with E-state index in [0.29, 0.717) is 5.56 Å². The summed E-state index contributed by atoms with van der Waals surface area (Å²) in [5.41, 5.74) is 2.56. The minimum absolute atomic E-state index is 0.660. The number of benzene rings is 1. The number of nitrogens with one attached hydrogen (secondary N) is 2. The lowest BCUT2D eigenvalue weighted by atomic mass is 10.2. The number of hydrogen-bond acceptors (Lipinski definition) is 5. The molecule has 18 heavy (non-hydrogen) atoms. The van der Waals surface area contributed by atoms with Crippen molar-refractivity contribution in [3.8, 4) is 6.07 Å². The highest BCUT2D eigenvalue weighted by Crippen LogP contribution is 2.29. The van der Waals surface area contributed by atoms with Gasteiger partial charge in [-0.15, -0.1) is 11.3 Å². The van der Waals surface area contributed by atoms with Crippen molar-refractivity contribution >= 4 is 39.9 Å². The Balaban J connectivity index is 1.93. The molecule has 0 radical (unpaired) electrons. The van der Waals surface area contributed by atoms with Gasteiger partial charge in [-0.25, -0.2) is 4.98 Å².